The molecular formula is C12H21N3O3S. The normalized spacial score (nSPS) is 11.8. The van der Waals surface area contributed by atoms with E-state index in [1.807, 2.05) is 6.92 Å². The molecule has 1 heterocycles. The minimum absolute atomic E-state index is 0.0701. The Bertz CT molecular complexity index is 564. The predicted octanol–water partition coefficient (Wildman–Crippen LogP) is 0.888. The average Bonchev–Trinajstić information content (AvgIpc) is 2.35. The number of hydrogen-bond acceptors (Lipinski definition) is 5. The zero-order valence-electron chi connectivity index (χ0n) is 11.6. The van der Waals surface area contributed by atoms with Crippen molar-refractivity contribution < 1.29 is 8.42 Å². The Morgan fingerprint density at radius 3 is 2.63 bits per heavy atom. The second-order valence-corrected chi connectivity index (χ2v) is 7.32. The number of sulfone groups is 1. The lowest BCUT2D eigenvalue weighted by Gasteiger charge is -2.09. The maximum absolute atomic E-state index is 11.8. The summed E-state index contributed by atoms with van der Waals surface area (Å²) in [5, 5.41) is 6.59. The molecular weight excluding hydrogens is 266 g/mol. The highest BCUT2D eigenvalue weighted by Gasteiger charge is 2.16. The topological polar surface area (TPSA) is 81.1 Å². The molecule has 0 aliphatic heterocycles. The molecule has 0 amide bonds. The third kappa shape index (κ3) is 4.66. The number of rotatable bonds is 7. The van der Waals surface area contributed by atoms with Gasteiger partial charge in [0.1, 0.15) is 0 Å². The highest BCUT2D eigenvalue weighted by atomic mass is 32.2. The van der Waals surface area contributed by atoms with E-state index >= 15 is 0 Å². The molecule has 6 nitrogen and oxygen atoms in total. The summed E-state index contributed by atoms with van der Waals surface area (Å²) in [6, 6.07) is 1.44. The minimum Gasteiger partial charge on any atom is -0.384 e. The van der Waals surface area contributed by atoms with Gasteiger partial charge >= 0.3 is 0 Å². The van der Waals surface area contributed by atoms with Crippen LogP contribution in [-0.4, -0.2) is 35.7 Å². The smallest absolute Gasteiger partial charge is 0.268 e. The first-order valence-electron chi connectivity index (χ1n) is 6.39. The van der Waals surface area contributed by atoms with Gasteiger partial charge in [0.25, 0.3) is 5.56 Å². The minimum atomic E-state index is -3.15. The zero-order valence-corrected chi connectivity index (χ0v) is 12.4. The molecule has 108 valence electrons. The van der Waals surface area contributed by atoms with Crippen molar-refractivity contribution in [3.8, 4) is 0 Å². The van der Waals surface area contributed by atoms with E-state index < -0.39 is 15.1 Å². The van der Waals surface area contributed by atoms with Crippen LogP contribution in [0.3, 0.4) is 0 Å². The Kier molecular flexibility index (Phi) is 5.53. The molecule has 0 bridgehead atoms. The Morgan fingerprint density at radius 1 is 1.42 bits per heavy atom. The molecule has 1 rings (SSSR count). The predicted molar refractivity (Wildman–Crippen MR) is 76.2 cm³/mol. The van der Waals surface area contributed by atoms with Crippen LogP contribution in [0.15, 0.2) is 17.1 Å². The van der Waals surface area contributed by atoms with Crippen LogP contribution in [0.4, 0.5) is 5.69 Å². The van der Waals surface area contributed by atoms with E-state index in [0.717, 1.165) is 13.0 Å². The van der Waals surface area contributed by atoms with Gasteiger partial charge in [-0.25, -0.2) is 13.1 Å². The number of aryl methyl sites for hydroxylation is 1. The van der Waals surface area contributed by atoms with Gasteiger partial charge in [-0.1, -0.05) is 6.92 Å². The molecule has 1 N–H and O–H groups in total. The summed E-state index contributed by atoms with van der Waals surface area (Å²) in [4.78, 5) is 11.8. The molecule has 0 radical (unpaired) electrons. The van der Waals surface area contributed by atoms with E-state index in [9.17, 15) is 13.2 Å². The molecule has 0 aliphatic rings. The fourth-order valence-electron chi connectivity index (χ4n) is 1.42. The maximum Gasteiger partial charge on any atom is 0.268 e. The lowest BCUT2D eigenvalue weighted by Crippen LogP contribution is -2.28. The summed E-state index contributed by atoms with van der Waals surface area (Å²) in [7, 11) is -3.15. The standard InChI is InChI=1S/C12H21N3O3S/c1-4-5-13-11-8-12(16)15(14-9-11)6-7-19(17,18)10(2)3/h8-10,13H,4-7H2,1-3H3. The average molecular weight is 287 g/mol. The molecule has 1 aromatic rings. The molecule has 0 aromatic carbocycles. The molecule has 0 unspecified atom stereocenters. The number of anilines is 1. The molecule has 0 atom stereocenters. The second-order valence-electron chi connectivity index (χ2n) is 4.65. The number of nitrogens with zero attached hydrogens (tertiary/aromatic N) is 2. The van der Waals surface area contributed by atoms with Crippen molar-refractivity contribution in [2.45, 2.75) is 39.0 Å². The third-order valence-corrected chi connectivity index (χ3v) is 4.94. The van der Waals surface area contributed by atoms with Gasteiger partial charge in [-0.3, -0.25) is 4.79 Å². The monoisotopic (exact) mass is 287 g/mol. The van der Waals surface area contributed by atoms with Crippen molar-refractivity contribution in [3.05, 3.63) is 22.6 Å². The molecule has 0 spiro atoms. The van der Waals surface area contributed by atoms with Crippen LogP contribution in [0.1, 0.15) is 27.2 Å². The van der Waals surface area contributed by atoms with Crippen LogP contribution in [0.5, 0.6) is 0 Å². The number of aromatic nitrogens is 2. The van der Waals surface area contributed by atoms with E-state index in [2.05, 4.69) is 10.4 Å². The van der Waals surface area contributed by atoms with E-state index in [1.54, 1.807) is 20.0 Å². The Balaban J connectivity index is 2.73. The number of hydrogen-bond donors (Lipinski definition) is 1. The lowest BCUT2D eigenvalue weighted by molar-refractivity contribution is 0.564. The van der Waals surface area contributed by atoms with Gasteiger partial charge in [0, 0.05) is 12.6 Å². The van der Waals surface area contributed by atoms with E-state index in [4.69, 9.17) is 0 Å². The lowest BCUT2D eigenvalue weighted by atomic mass is 10.4. The van der Waals surface area contributed by atoms with Gasteiger partial charge in [0.05, 0.1) is 29.4 Å². The second kappa shape index (κ2) is 6.70. The van der Waals surface area contributed by atoms with Gasteiger partial charge in [-0.05, 0) is 20.3 Å². The first-order valence-corrected chi connectivity index (χ1v) is 8.11. The van der Waals surface area contributed by atoms with Gasteiger partial charge < -0.3 is 5.32 Å². The molecule has 1 aromatic heterocycles. The van der Waals surface area contributed by atoms with Gasteiger partial charge in [-0.2, -0.15) is 5.10 Å². The summed E-state index contributed by atoms with van der Waals surface area (Å²) in [5.74, 6) is -0.0701. The Labute approximate surface area is 113 Å². The molecule has 7 heteroatoms. The van der Waals surface area contributed by atoms with Crippen molar-refractivity contribution in [2.24, 2.45) is 0 Å². The molecule has 0 saturated carbocycles. The SMILES string of the molecule is CCCNc1cnn(CCS(=O)(=O)C(C)C)c(=O)c1. The summed E-state index contributed by atoms with van der Waals surface area (Å²) < 4.78 is 24.5. The van der Waals surface area contributed by atoms with E-state index in [0.29, 0.717) is 5.69 Å². The maximum atomic E-state index is 11.8. The first kappa shape index (κ1) is 15.7. The van der Waals surface area contributed by atoms with Crippen LogP contribution >= 0.6 is 0 Å². The summed E-state index contributed by atoms with van der Waals surface area (Å²) in [5.41, 5.74) is 0.370. The Hall–Kier alpha value is -1.37. The first-order chi connectivity index (χ1) is 8.86. The van der Waals surface area contributed by atoms with Crippen molar-refractivity contribution in [3.63, 3.8) is 0 Å². The third-order valence-electron chi connectivity index (χ3n) is 2.75. The van der Waals surface area contributed by atoms with Gasteiger partial charge in [0.2, 0.25) is 0 Å². The van der Waals surface area contributed by atoms with Crippen molar-refractivity contribution in [1.82, 2.24) is 9.78 Å². The quantitative estimate of drug-likeness (QED) is 0.805. The van der Waals surface area contributed by atoms with E-state index in [1.165, 1.54) is 10.7 Å². The Morgan fingerprint density at radius 2 is 2.11 bits per heavy atom. The van der Waals surface area contributed by atoms with Crippen molar-refractivity contribution in [1.29, 1.82) is 0 Å². The van der Waals surface area contributed by atoms with Crippen LogP contribution in [0.25, 0.3) is 0 Å². The van der Waals surface area contributed by atoms with Crippen LogP contribution < -0.4 is 10.9 Å². The summed E-state index contributed by atoms with van der Waals surface area (Å²) in [6.45, 7) is 6.14. The fraction of sp³-hybridized carbons (Fsp3) is 0.667. The molecule has 19 heavy (non-hydrogen) atoms. The van der Waals surface area contributed by atoms with Gasteiger partial charge in [0.15, 0.2) is 9.84 Å². The zero-order chi connectivity index (χ0) is 14.5. The summed E-state index contributed by atoms with van der Waals surface area (Å²) >= 11 is 0. The number of nitrogens with one attached hydrogen (secondary N) is 1. The van der Waals surface area contributed by atoms with Gasteiger partial charge in [-0.15, -0.1) is 0 Å². The van der Waals surface area contributed by atoms with Crippen LogP contribution in [0.2, 0.25) is 0 Å². The van der Waals surface area contributed by atoms with Crippen LogP contribution in [-0.2, 0) is 16.4 Å². The molecule has 0 saturated heterocycles. The van der Waals surface area contributed by atoms with Crippen molar-refractivity contribution >= 4 is 15.5 Å². The van der Waals surface area contributed by atoms with Crippen molar-refractivity contribution in [2.75, 3.05) is 17.6 Å². The fourth-order valence-corrected chi connectivity index (χ4v) is 2.32. The van der Waals surface area contributed by atoms with Crippen LogP contribution in [0, 0.1) is 0 Å². The summed E-state index contributed by atoms with van der Waals surface area (Å²) in [6.07, 6.45) is 2.49. The molecule has 0 fully saturated rings. The van der Waals surface area contributed by atoms with E-state index in [-0.39, 0.29) is 17.9 Å². The molecule has 0 aliphatic carbocycles. The highest BCUT2D eigenvalue weighted by Crippen LogP contribution is 2.02. The highest BCUT2D eigenvalue weighted by molar-refractivity contribution is 7.91. The largest absolute Gasteiger partial charge is 0.384 e.